The summed E-state index contributed by atoms with van der Waals surface area (Å²) in [6, 6.07) is 6.92. The highest BCUT2D eigenvalue weighted by Crippen LogP contribution is 2.43. The minimum absolute atomic E-state index is 0.0478. The first-order chi connectivity index (χ1) is 9.69. The summed E-state index contributed by atoms with van der Waals surface area (Å²) in [5, 5.41) is 12.7. The number of nitrogens with one attached hydrogen (secondary N) is 1. The average molecular weight is 272 g/mol. The molecular weight excluding hydrogens is 252 g/mol. The van der Waals surface area contributed by atoms with E-state index in [1.807, 2.05) is 0 Å². The van der Waals surface area contributed by atoms with E-state index in [0.717, 1.165) is 19.0 Å². The van der Waals surface area contributed by atoms with Crippen LogP contribution in [0.3, 0.4) is 0 Å². The predicted molar refractivity (Wildman–Crippen MR) is 75.5 cm³/mol. The summed E-state index contributed by atoms with van der Waals surface area (Å²) >= 11 is 0. The van der Waals surface area contributed by atoms with Crippen molar-refractivity contribution in [3.8, 4) is 5.75 Å². The molecule has 1 aromatic carbocycles. The normalized spacial score (nSPS) is 37.9. The Hall–Kier alpha value is -1.55. The first kappa shape index (κ1) is 12.2. The molecule has 0 aromatic heterocycles. The fourth-order valence-corrected chi connectivity index (χ4v) is 4.53. The van der Waals surface area contributed by atoms with Gasteiger partial charge in [0.25, 0.3) is 5.91 Å². The monoisotopic (exact) mass is 272 g/mol. The summed E-state index contributed by atoms with van der Waals surface area (Å²) in [5.41, 5.74) is 0.555. The van der Waals surface area contributed by atoms with Gasteiger partial charge in [-0.15, -0.1) is 0 Å². The van der Waals surface area contributed by atoms with Crippen LogP contribution in [-0.2, 0) is 0 Å². The molecule has 5 rings (SSSR count). The molecule has 3 saturated heterocycles. The molecule has 4 fully saturated rings. The average Bonchev–Trinajstić information content (AvgIpc) is 2.42. The zero-order valence-electron chi connectivity index (χ0n) is 11.5. The van der Waals surface area contributed by atoms with Crippen LogP contribution in [0.25, 0.3) is 0 Å². The summed E-state index contributed by atoms with van der Waals surface area (Å²) in [6.45, 7) is 3.54. The van der Waals surface area contributed by atoms with E-state index in [0.29, 0.717) is 23.4 Å². The molecule has 1 amide bonds. The van der Waals surface area contributed by atoms with Crippen LogP contribution in [0.5, 0.6) is 5.75 Å². The second-order valence-corrected chi connectivity index (χ2v) is 6.63. The number of phenolic OH excluding ortho intramolecular Hbond substituents is 1. The molecule has 0 radical (unpaired) electrons. The molecule has 20 heavy (non-hydrogen) atoms. The number of hydrogen-bond acceptors (Lipinski definition) is 3. The van der Waals surface area contributed by atoms with Crippen LogP contribution in [0.15, 0.2) is 24.3 Å². The number of rotatable bonds is 2. The second kappa shape index (κ2) is 4.48. The van der Waals surface area contributed by atoms with Crippen molar-refractivity contribution in [3.63, 3.8) is 0 Å². The first-order valence-electron chi connectivity index (χ1n) is 7.51. The lowest BCUT2D eigenvalue weighted by Gasteiger charge is -2.55. The van der Waals surface area contributed by atoms with Crippen molar-refractivity contribution in [2.75, 3.05) is 19.6 Å². The predicted octanol–water partition coefficient (Wildman–Crippen LogP) is 1.46. The van der Waals surface area contributed by atoms with Crippen LogP contribution in [0.4, 0.5) is 0 Å². The summed E-state index contributed by atoms with van der Waals surface area (Å²) in [6.07, 6.45) is 2.52. The van der Waals surface area contributed by atoms with Crippen molar-refractivity contribution in [3.05, 3.63) is 29.8 Å². The number of hydrogen-bond donors (Lipinski definition) is 2. The van der Waals surface area contributed by atoms with E-state index in [4.69, 9.17) is 0 Å². The van der Waals surface area contributed by atoms with Crippen LogP contribution in [0.1, 0.15) is 23.2 Å². The van der Waals surface area contributed by atoms with Gasteiger partial charge >= 0.3 is 0 Å². The molecule has 4 bridgehead atoms. The van der Waals surface area contributed by atoms with Crippen LogP contribution in [-0.4, -0.2) is 41.6 Å². The minimum Gasteiger partial charge on any atom is -0.508 e. The van der Waals surface area contributed by atoms with Crippen molar-refractivity contribution >= 4 is 5.91 Å². The molecule has 4 heteroatoms. The molecule has 4 aliphatic rings. The molecule has 2 unspecified atom stereocenters. The van der Waals surface area contributed by atoms with Gasteiger partial charge in [0.1, 0.15) is 5.75 Å². The van der Waals surface area contributed by atoms with E-state index in [1.165, 1.54) is 25.5 Å². The molecule has 1 saturated carbocycles. The highest BCUT2D eigenvalue weighted by Gasteiger charge is 2.47. The van der Waals surface area contributed by atoms with Gasteiger partial charge in [0.15, 0.2) is 0 Å². The molecule has 3 heterocycles. The molecule has 0 spiro atoms. The topological polar surface area (TPSA) is 52.6 Å². The number of amides is 1. The van der Waals surface area contributed by atoms with Crippen molar-refractivity contribution in [2.24, 2.45) is 17.8 Å². The third kappa shape index (κ3) is 1.99. The van der Waals surface area contributed by atoms with Crippen molar-refractivity contribution in [1.82, 2.24) is 10.2 Å². The molecule has 1 aliphatic carbocycles. The van der Waals surface area contributed by atoms with E-state index in [-0.39, 0.29) is 11.7 Å². The third-order valence-electron chi connectivity index (χ3n) is 5.20. The number of aromatic hydroxyl groups is 1. The highest BCUT2D eigenvalue weighted by atomic mass is 16.3. The lowest BCUT2D eigenvalue weighted by atomic mass is 9.65. The van der Waals surface area contributed by atoms with Gasteiger partial charge in [0.05, 0.1) is 0 Å². The van der Waals surface area contributed by atoms with E-state index in [9.17, 15) is 9.90 Å². The molecule has 2 atom stereocenters. The largest absolute Gasteiger partial charge is 0.508 e. The van der Waals surface area contributed by atoms with Gasteiger partial charge in [-0.2, -0.15) is 0 Å². The molecular formula is C16H20N2O2. The van der Waals surface area contributed by atoms with Gasteiger partial charge in [0, 0.05) is 31.2 Å². The Balaban J connectivity index is 1.50. The van der Waals surface area contributed by atoms with E-state index in [2.05, 4.69) is 10.2 Å². The van der Waals surface area contributed by atoms with Crippen molar-refractivity contribution in [1.29, 1.82) is 0 Å². The summed E-state index contributed by atoms with van der Waals surface area (Å²) < 4.78 is 0. The molecule has 106 valence electrons. The maximum Gasteiger partial charge on any atom is 0.251 e. The van der Waals surface area contributed by atoms with Gasteiger partial charge < -0.3 is 15.3 Å². The molecule has 3 aliphatic heterocycles. The Labute approximate surface area is 118 Å². The number of piperidine rings is 3. The summed E-state index contributed by atoms with van der Waals surface area (Å²) in [7, 11) is 0. The summed E-state index contributed by atoms with van der Waals surface area (Å²) in [5.74, 6) is 2.17. The lowest BCUT2D eigenvalue weighted by molar-refractivity contribution is -0.0418. The van der Waals surface area contributed by atoms with Gasteiger partial charge in [-0.05, 0) is 48.8 Å². The number of carbonyl (C=O) groups excluding carboxylic acids is 1. The number of phenols is 1. The molecule has 2 N–H and O–H groups in total. The molecule has 4 nitrogen and oxygen atoms in total. The van der Waals surface area contributed by atoms with Gasteiger partial charge in [-0.25, -0.2) is 0 Å². The number of benzene rings is 1. The van der Waals surface area contributed by atoms with Gasteiger partial charge in [-0.1, -0.05) is 6.07 Å². The minimum atomic E-state index is -0.0478. The number of carbonyl (C=O) groups is 1. The van der Waals surface area contributed by atoms with Crippen LogP contribution in [0.2, 0.25) is 0 Å². The van der Waals surface area contributed by atoms with Crippen LogP contribution < -0.4 is 5.32 Å². The SMILES string of the molecule is O=C(NC1C2CC3CC1CN(C3)C2)c1cccc(O)c1. The number of nitrogens with zero attached hydrogens (tertiary/aromatic N) is 1. The van der Waals surface area contributed by atoms with E-state index >= 15 is 0 Å². The quantitative estimate of drug-likeness (QED) is 0.857. The lowest BCUT2D eigenvalue weighted by Crippen LogP contribution is -2.64. The first-order valence-corrected chi connectivity index (χ1v) is 7.51. The Morgan fingerprint density at radius 1 is 1.20 bits per heavy atom. The van der Waals surface area contributed by atoms with E-state index in [1.54, 1.807) is 18.2 Å². The van der Waals surface area contributed by atoms with Crippen molar-refractivity contribution < 1.29 is 9.90 Å². The fourth-order valence-electron chi connectivity index (χ4n) is 4.53. The Morgan fingerprint density at radius 3 is 2.60 bits per heavy atom. The third-order valence-corrected chi connectivity index (χ3v) is 5.20. The standard InChI is InChI=1S/C16H20N2O2/c19-14-3-1-2-11(6-14)16(20)17-15-12-4-10-5-13(15)9-18(7-10)8-12/h1-3,6,10,12-13,15,19H,4-5,7-9H2,(H,17,20). The smallest absolute Gasteiger partial charge is 0.251 e. The van der Waals surface area contributed by atoms with Gasteiger partial charge in [0.2, 0.25) is 0 Å². The Kier molecular flexibility index (Phi) is 2.74. The van der Waals surface area contributed by atoms with Crippen molar-refractivity contribution in [2.45, 2.75) is 18.9 Å². The zero-order valence-corrected chi connectivity index (χ0v) is 11.5. The maximum absolute atomic E-state index is 12.4. The second-order valence-electron chi connectivity index (χ2n) is 6.63. The fraction of sp³-hybridized carbons (Fsp3) is 0.562. The van der Waals surface area contributed by atoms with Gasteiger partial charge in [-0.3, -0.25) is 4.79 Å². The highest BCUT2D eigenvalue weighted by molar-refractivity contribution is 5.94. The zero-order chi connectivity index (χ0) is 13.7. The Bertz CT molecular complexity index is 515. The maximum atomic E-state index is 12.4. The molecule has 1 aromatic rings. The summed E-state index contributed by atoms with van der Waals surface area (Å²) in [4.78, 5) is 14.9. The van der Waals surface area contributed by atoms with Crippen LogP contribution in [0, 0.1) is 17.8 Å². The van der Waals surface area contributed by atoms with Crippen LogP contribution >= 0.6 is 0 Å². The van der Waals surface area contributed by atoms with E-state index < -0.39 is 0 Å². The Morgan fingerprint density at radius 2 is 1.95 bits per heavy atom.